The van der Waals surface area contributed by atoms with E-state index in [1.54, 1.807) is 0 Å². The van der Waals surface area contributed by atoms with Gasteiger partial charge < -0.3 is 19.8 Å². The Morgan fingerprint density at radius 2 is 1.38 bits per heavy atom. The maximum atomic E-state index is 12.9. The molecule has 1 aromatic carbocycles. The Labute approximate surface area is 203 Å². The highest BCUT2D eigenvalue weighted by atomic mass is 16.5. The van der Waals surface area contributed by atoms with E-state index in [1.165, 1.54) is 75.6 Å². The molecule has 3 rings (SSSR count). The lowest BCUT2D eigenvalue weighted by atomic mass is 9.62. The lowest BCUT2D eigenvalue weighted by molar-refractivity contribution is -0.164. The van der Waals surface area contributed by atoms with Crippen LogP contribution in [-0.4, -0.2) is 59.3 Å². The standard InChI is InChI=1S/C19H35NO2.C8H6O4/c1-3-20(4-2)15-16-22-18(21)19(13-9-6-10-14-19)17-11-7-5-8-12-17;9-7(10)5-3-1-2-4-6(5)8(11)12/h17H,3-16H2,1-2H3;1-4H,(H,9,10)(H,11,12). The second kappa shape index (κ2) is 14.1. The number of benzene rings is 1. The van der Waals surface area contributed by atoms with Crippen molar-refractivity contribution < 1.29 is 29.3 Å². The zero-order chi connectivity index (χ0) is 25.0. The Morgan fingerprint density at radius 1 is 0.882 bits per heavy atom. The first-order chi connectivity index (χ1) is 16.4. The summed E-state index contributed by atoms with van der Waals surface area (Å²) in [6.07, 6.45) is 12.3. The van der Waals surface area contributed by atoms with Crippen molar-refractivity contribution in [3.8, 4) is 0 Å². The van der Waals surface area contributed by atoms with E-state index < -0.39 is 11.9 Å². The molecule has 2 fully saturated rings. The first kappa shape index (κ1) is 27.8. The summed E-state index contributed by atoms with van der Waals surface area (Å²) in [4.78, 5) is 36.2. The molecule has 0 heterocycles. The molecule has 34 heavy (non-hydrogen) atoms. The average Bonchev–Trinajstić information content (AvgIpc) is 2.87. The highest BCUT2D eigenvalue weighted by Crippen LogP contribution is 2.49. The van der Waals surface area contributed by atoms with Gasteiger partial charge in [-0.15, -0.1) is 0 Å². The summed E-state index contributed by atoms with van der Waals surface area (Å²) in [6.45, 7) is 7.82. The first-order valence-corrected chi connectivity index (χ1v) is 12.8. The Balaban J connectivity index is 0.000000287. The number of esters is 1. The molecule has 1 aromatic rings. The van der Waals surface area contributed by atoms with Gasteiger partial charge in [0.1, 0.15) is 6.61 Å². The molecule has 0 atom stereocenters. The van der Waals surface area contributed by atoms with Crippen LogP contribution in [0.15, 0.2) is 24.3 Å². The van der Waals surface area contributed by atoms with Gasteiger partial charge in [0, 0.05) is 6.54 Å². The number of hydrogen-bond acceptors (Lipinski definition) is 5. The molecule has 0 spiro atoms. The predicted molar refractivity (Wildman–Crippen MR) is 131 cm³/mol. The lowest BCUT2D eigenvalue weighted by Crippen LogP contribution is -2.43. The third-order valence-corrected chi connectivity index (χ3v) is 7.46. The summed E-state index contributed by atoms with van der Waals surface area (Å²) in [6, 6.07) is 5.48. The normalized spacial score (nSPS) is 18.0. The van der Waals surface area contributed by atoms with Gasteiger partial charge in [0.25, 0.3) is 0 Å². The van der Waals surface area contributed by atoms with E-state index in [2.05, 4.69) is 18.7 Å². The zero-order valence-corrected chi connectivity index (χ0v) is 20.8. The molecule has 2 aliphatic rings. The van der Waals surface area contributed by atoms with Crippen LogP contribution >= 0.6 is 0 Å². The van der Waals surface area contributed by atoms with Crippen LogP contribution in [-0.2, 0) is 9.53 Å². The van der Waals surface area contributed by atoms with Gasteiger partial charge in [-0.05, 0) is 56.8 Å². The van der Waals surface area contributed by atoms with Crippen LogP contribution in [0.4, 0.5) is 0 Å². The van der Waals surface area contributed by atoms with Gasteiger partial charge in [0.05, 0.1) is 16.5 Å². The van der Waals surface area contributed by atoms with Gasteiger partial charge in [0.15, 0.2) is 0 Å². The van der Waals surface area contributed by atoms with Crippen molar-refractivity contribution in [2.75, 3.05) is 26.2 Å². The quantitative estimate of drug-likeness (QED) is 0.455. The van der Waals surface area contributed by atoms with Crippen LogP contribution in [0.2, 0.25) is 0 Å². The smallest absolute Gasteiger partial charge is 0.336 e. The second-order valence-corrected chi connectivity index (χ2v) is 9.37. The molecule has 2 aliphatic carbocycles. The van der Waals surface area contributed by atoms with E-state index in [4.69, 9.17) is 14.9 Å². The molecule has 7 nitrogen and oxygen atoms in total. The monoisotopic (exact) mass is 475 g/mol. The maximum Gasteiger partial charge on any atom is 0.336 e. The van der Waals surface area contributed by atoms with E-state index in [9.17, 15) is 14.4 Å². The Morgan fingerprint density at radius 3 is 1.85 bits per heavy atom. The second-order valence-electron chi connectivity index (χ2n) is 9.37. The van der Waals surface area contributed by atoms with Crippen molar-refractivity contribution in [2.45, 2.75) is 78.1 Å². The van der Waals surface area contributed by atoms with Crippen molar-refractivity contribution >= 4 is 17.9 Å². The van der Waals surface area contributed by atoms with Gasteiger partial charge in [-0.1, -0.05) is 64.5 Å². The highest BCUT2D eigenvalue weighted by Gasteiger charge is 2.47. The minimum absolute atomic E-state index is 0.131. The first-order valence-electron chi connectivity index (χ1n) is 12.8. The molecule has 0 aliphatic heterocycles. The molecular weight excluding hydrogens is 434 g/mol. The molecule has 0 amide bonds. The fraction of sp³-hybridized carbons (Fsp3) is 0.667. The summed E-state index contributed by atoms with van der Waals surface area (Å²) in [5.74, 6) is -1.74. The molecular formula is C27H41NO6. The van der Waals surface area contributed by atoms with Gasteiger partial charge in [-0.2, -0.15) is 0 Å². The Kier molecular flexibility index (Phi) is 11.5. The van der Waals surface area contributed by atoms with Crippen LogP contribution in [0.1, 0.15) is 98.8 Å². The van der Waals surface area contributed by atoms with Gasteiger partial charge in [-0.25, -0.2) is 9.59 Å². The Bertz CT molecular complexity index is 759. The fourth-order valence-corrected chi connectivity index (χ4v) is 5.42. The van der Waals surface area contributed by atoms with E-state index in [0.717, 1.165) is 32.5 Å². The van der Waals surface area contributed by atoms with Crippen molar-refractivity contribution in [1.29, 1.82) is 0 Å². The number of rotatable bonds is 9. The van der Waals surface area contributed by atoms with E-state index in [0.29, 0.717) is 12.5 Å². The van der Waals surface area contributed by atoms with Crippen molar-refractivity contribution in [3.63, 3.8) is 0 Å². The van der Waals surface area contributed by atoms with Crippen LogP contribution in [0.5, 0.6) is 0 Å². The molecule has 0 aromatic heterocycles. The number of nitrogens with zero attached hydrogens (tertiary/aromatic N) is 1. The van der Waals surface area contributed by atoms with E-state index >= 15 is 0 Å². The fourth-order valence-electron chi connectivity index (χ4n) is 5.42. The van der Waals surface area contributed by atoms with Gasteiger partial charge in [0.2, 0.25) is 0 Å². The summed E-state index contributed by atoms with van der Waals surface area (Å²) < 4.78 is 5.79. The molecule has 0 radical (unpaired) electrons. The number of aromatic carboxylic acids is 2. The highest BCUT2D eigenvalue weighted by molar-refractivity contribution is 6.01. The molecule has 0 bridgehead atoms. The molecule has 190 valence electrons. The van der Waals surface area contributed by atoms with Crippen LogP contribution in [0.3, 0.4) is 0 Å². The van der Waals surface area contributed by atoms with Crippen molar-refractivity contribution in [3.05, 3.63) is 35.4 Å². The SMILES string of the molecule is CCN(CC)CCOC(=O)C1(C2CCCCC2)CCCCC1.O=C(O)c1ccccc1C(=O)O. The van der Waals surface area contributed by atoms with Crippen LogP contribution in [0, 0.1) is 11.3 Å². The van der Waals surface area contributed by atoms with Crippen LogP contribution < -0.4 is 0 Å². The van der Waals surface area contributed by atoms with Crippen LogP contribution in [0.25, 0.3) is 0 Å². The van der Waals surface area contributed by atoms with E-state index in [1.807, 2.05) is 0 Å². The predicted octanol–water partition coefficient (Wildman–Crippen LogP) is 5.49. The zero-order valence-electron chi connectivity index (χ0n) is 20.8. The summed E-state index contributed by atoms with van der Waals surface area (Å²) in [5, 5.41) is 17.1. The lowest BCUT2D eigenvalue weighted by Gasteiger charge is -2.43. The summed E-state index contributed by atoms with van der Waals surface area (Å²) in [5.41, 5.74) is -0.517. The number of carboxylic acids is 2. The third-order valence-electron chi connectivity index (χ3n) is 7.46. The molecule has 0 saturated heterocycles. The Hall–Kier alpha value is -2.41. The molecule has 2 N–H and O–H groups in total. The summed E-state index contributed by atoms with van der Waals surface area (Å²) >= 11 is 0. The van der Waals surface area contributed by atoms with E-state index in [-0.39, 0.29) is 22.5 Å². The van der Waals surface area contributed by atoms with Gasteiger partial charge in [-0.3, -0.25) is 4.79 Å². The minimum Gasteiger partial charge on any atom is -0.478 e. The van der Waals surface area contributed by atoms with Crippen molar-refractivity contribution in [1.82, 2.24) is 4.90 Å². The molecule has 2 saturated carbocycles. The number of carboxylic acid groups (broad SMARTS) is 2. The number of hydrogen-bond donors (Lipinski definition) is 2. The number of likely N-dealkylation sites (N-methyl/N-ethyl adjacent to an activating group) is 1. The summed E-state index contributed by atoms with van der Waals surface area (Å²) in [7, 11) is 0. The largest absolute Gasteiger partial charge is 0.478 e. The minimum atomic E-state index is -1.23. The number of ether oxygens (including phenoxy) is 1. The maximum absolute atomic E-state index is 12.9. The number of carbonyl (C=O) groups excluding carboxylic acids is 1. The van der Waals surface area contributed by atoms with Crippen molar-refractivity contribution in [2.24, 2.45) is 11.3 Å². The third kappa shape index (κ3) is 7.55. The number of carbonyl (C=O) groups is 3. The molecule has 0 unspecified atom stereocenters. The van der Waals surface area contributed by atoms with Gasteiger partial charge >= 0.3 is 17.9 Å². The molecule has 7 heteroatoms. The topological polar surface area (TPSA) is 104 Å². The average molecular weight is 476 g/mol.